The first-order valence-corrected chi connectivity index (χ1v) is 12.1. The van der Waals surface area contributed by atoms with Crippen molar-refractivity contribution in [3.63, 3.8) is 0 Å². The van der Waals surface area contributed by atoms with Crippen molar-refractivity contribution in [3.8, 4) is 0 Å². The van der Waals surface area contributed by atoms with Crippen LogP contribution in [0.4, 0.5) is 5.82 Å². The molecule has 0 bridgehead atoms. The SMILES string of the molecule is Cc1nonc1N1CCN(C(=O)C[C@]2(c3ccccc3)CC(=O)N(Cc3cccs3)C2=O)CC1. The van der Waals surface area contributed by atoms with Gasteiger partial charge in [-0.2, -0.15) is 0 Å². The molecule has 2 aliphatic heterocycles. The van der Waals surface area contributed by atoms with Crippen molar-refractivity contribution in [3.05, 3.63) is 64.0 Å². The maximum absolute atomic E-state index is 13.7. The summed E-state index contributed by atoms with van der Waals surface area (Å²) in [6.45, 7) is 4.25. The Hall–Kier alpha value is -3.53. The van der Waals surface area contributed by atoms with E-state index in [1.807, 2.05) is 59.7 Å². The highest BCUT2D eigenvalue weighted by atomic mass is 32.1. The number of thiophene rings is 1. The molecular formula is C24H25N5O4S. The van der Waals surface area contributed by atoms with Crippen LogP contribution in [0.3, 0.4) is 0 Å². The molecule has 3 aromatic rings. The van der Waals surface area contributed by atoms with Crippen molar-refractivity contribution in [2.24, 2.45) is 0 Å². The minimum Gasteiger partial charge on any atom is -0.349 e. The van der Waals surface area contributed by atoms with E-state index >= 15 is 0 Å². The number of benzene rings is 1. The standard InChI is InChI=1S/C24H25N5O4S/c1-17-22(26-33-25-17)28-11-9-27(10-12-28)20(30)14-24(18-6-3-2-4-7-18)15-21(31)29(23(24)32)16-19-8-5-13-34-19/h2-8,13H,9-12,14-16H2,1H3/t24-/m1/s1. The van der Waals surface area contributed by atoms with Crippen LogP contribution in [0.15, 0.2) is 52.5 Å². The molecular weight excluding hydrogens is 454 g/mol. The molecule has 34 heavy (non-hydrogen) atoms. The molecule has 9 nitrogen and oxygen atoms in total. The Bertz CT molecular complexity index is 1190. The van der Waals surface area contributed by atoms with Gasteiger partial charge in [0.25, 0.3) is 0 Å². The Morgan fingerprint density at radius 3 is 2.47 bits per heavy atom. The maximum atomic E-state index is 13.7. The largest absolute Gasteiger partial charge is 0.349 e. The number of piperazine rings is 1. The van der Waals surface area contributed by atoms with E-state index in [4.69, 9.17) is 4.63 Å². The molecule has 0 spiro atoms. The van der Waals surface area contributed by atoms with Crippen molar-refractivity contribution in [1.82, 2.24) is 20.1 Å². The van der Waals surface area contributed by atoms with Crippen molar-refractivity contribution < 1.29 is 19.0 Å². The summed E-state index contributed by atoms with van der Waals surface area (Å²) in [5, 5.41) is 9.70. The van der Waals surface area contributed by atoms with E-state index in [9.17, 15) is 14.4 Å². The molecule has 0 radical (unpaired) electrons. The second-order valence-corrected chi connectivity index (χ2v) is 9.74. The molecule has 0 N–H and O–H groups in total. The first-order chi connectivity index (χ1) is 16.5. The van der Waals surface area contributed by atoms with Gasteiger partial charge in [-0.1, -0.05) is 41.6 Å². The van der Waals surface area contributed by atoms with Crippen LogP contribution in [-0.2, 0) is 26.3 Å². The summed E-state index contributed by atoms with van der Waals surface area (Å²) in [6, 6.07) is 13.0. The second kappa shape index (κ2) is 9.02. The van der Waals surface area contributed by atoms with E-state index < -0.39 is 5.41 Å². The molecule has 0 saturated carbocycles. The molecule has 5 rings (SSSR count). The van der Waals surface area contributed by atoms with E-state index in [1.165, 1.54) is 16.2 Å². The lowest BCUT2D eigenvalue weighted by atomic mass is 9.75. The number of nitrogens with zero attached hydrogens (tertiary/aromatic N) is 5. The fourth-order valence-corrected chi connectivity index (χ4v) is 5.49. The lowest BCUT2D eigenvalue weighted by molar-refractivity contribution is -0.143. The third-order valence-corrected chi connectivity index (χ3v) is 7.50. The highest BCUT2D eigenvalue weighted by Gasteiger charge is 2.54. The topological polar surface area (TPSA) is 99.8 Å². The zero-order valence-electron chi connectivity index (χ0n) is 18.8. The fourth-order valence-electron chi connectivity index (χ4n) is 4.79. The first-order valence-electron chi connectivity index (χ1n) is 11.2. The molecule has 0 unspecified atom stereocenters. The zero-order chi connectivity index (χ0) is 23.7. The number of imide groups is 1. The Balaban J connectivity index is 1.35. The van der Waals surface area contributed by atoms with Gasteiger partial charge in [0.1, 0.15) is 5.69 Å². The minimum atomic E-state index is -1.18. The van der Waals surface area contributed by atoms with E-state index in [-0.39, 0.29) is 37.1 Å². The van der Waals surface area contributed by atoms with Gasteiger partial charge in [0, 0.05) is 43.9 Å². The summed E-state index contributed by atoms with van der Waals surface area (Å²) in [4.78, 5) is 46.3. The number of hydrogen-bond donors (Lipinski definition) is 0. The first kappa shape index (κ1) is 22.3. The van der Waals surface area contributed by atoms with Crippen LogP contribution < -0.4 is 4.90 Å². The summed E-state index contributed by atoms with van der Waals surface area (Å²) in [6.07, 6.45) is -0.0379. The number of amides is 3. The summed E-state index contributed by atoms with van der Waals surface area (Å²) >= 11 is 1.50. The predicted octanol–water partition coefficient (Wildman–Crippen LogP) is 2.38. The van der Waals surface area contributed by atoms with E-state index in [1.54, 1.807) is 4.90 Å². The van der Waals surface area contributed by atoms with Crippen molar-refractivity contribution in [2.75, 3.05) is 31.1 Å². The molecule has 2 saturated heterocycles. The number of anilines is 1. The summed E-state index contributed by atoms with van der Waals surface area (Å²) in [7, 11) is 0. The van der Waals surface area contributed by atoms with Gasteiger partial charge in [0.05, 0.1) is 12.0 Å². The quantitative estimate of drug-likeness (QED) is 0.501. The van der Waals surface area contributed by atoms with Crippen molar-refractivity contribution >= 4 is 34.9 Å². The van der Waals surface area contributed by atoms with Crippen LogP contribution in [0.5, 0.6) is 0 Å². The number of aryl methyl sites for hydroxylation is 1. The highest BCUT2D eigenvalue weighted by Crippen LogP contribution is 2.41. The molecule has 10 heteroatoms. The van der Waals surface area contributed by atoms with E-state index in [0.717, 1.165) is 4.88 Å². The number of rotatable bonds is 6. The Morgan fingerprint density at radius 2 is 1.82 bits per heavy atom. The van der Waals surface area contributed by atoms with Gasteiger partial charge in [0.15, 0.2) is 5.82 Å². The van der Waals surface area contributed by atoms with Crippen LogP contribution in [0.1, 0.15) is 29.0 Å². The van der Waals surface area contributed by atoms with Gasteiger partial charge in [-0.15, -0.1) is 11.3 Å². The molecule has 2 aromatic heterocycles. The molecule has 1 atom stereocenters. The van der Waals surface area contributed by atoms with Crippen LogP contribution in [0, 0.1) is 6.92 Å². The molecule has 3 amide bonds. The van der Waals surface area contributed by atoms with Crippen molar-refractivity contribution in [2.45, 2.75) is 31.7 Å². The second-order valence-electron chi connectivity index (χ2n) is 8.71. The van der Waals surface area contributed by atoms with Gasteiger partial charge in [-0.25, -0.2) is 4.63 Å². The third-order valence-electron chi connectivity index (χ3n) is 6.64. The molecule has 176 valence electrons. The molecule has 4 heterocycles. The lowest BCUT2D eigenvalue weighted by Crippen LogP contribution is -2.51. The average Bonchev–Trinajstić information content (AvgIpc) is 3.58. The number of hydrogen-bond acceptors (Lipinski definition) is 8. The Labute approximate surface area is 200 Å². The van der Waals surface area contributed by atoms with E-state index in [2.05, 4.69) is 10.3 Å². The molecule has 0 aliphatic carbocycles. The molecule has 1 aromatic carbocycles. The van der Waals surface area contributed by atoms with Gasteiger partial charge < -0.3 is 9.80 Å². The number of carbonyl (C=O) groups excluding carboxylic acids is 3. The summed E-state index contributed by atoms with van der Waals surface area (Å²) in [5.74, 6) is 0.0218. The fraction of sp³-hybridized carbons (Fsp3) is 0.375. The van der Waals surface area contributed by atoms with Gasteiger partial charge in [-0.05, 0) is 29.1 Å². The number of aromatic nitrogens is 2. The monoisotopic (exact) mass is 479 g/mol. The normalized spacial score (nSPS) is 20.9. The van der Waals surface area contributed by atoms with Crippen LogP contribution in [0.25, 0.3) is 0 Å². The van der Waals surface area contributed by atoms with Crippen LogP contribution >= 0.6 is 11.3 Å². The lowest BCUT2D eigenvalue weighted by Gasteiger charge is -2.36. The summed E-state index contributed by atoms with van der Waals surface area (Å²) in [5.41, 5.74) is 0.234. The number of carbonyl (C=O) groups is 3. The summed E-state index contributed by atoms with van der Waals surface area (Å²) < 4.78 is 4.80. The highest BCUT2D eigenvalue weighted by molar-refractivity contribution is 7.09. The predicted molar refractivity (Wildman–Crippen MR) is 125 cm³/mol. The minimum absolute atomic E-state index is 0.00324. The molecule has 2 aliphatic rings. The van der Waals surface area contributed by atoms with Crippen molar-refractivity contribution in [1.29, 1.82) is 0 Å². The van der Waals surface area contributed by atoms with Crippen LogP contribution in [0.2, 0.25) is 0 Å². The average molecular weight is 480 g/mol. The van der Waals surface area contributed by atoms with Gasteiger partial charge >= 0.3 is 0 Å². The van der Waals surface area contributed by atoms with Gasteiger partial charge in [-0.3, -0.25) is 19.3 Å². The number of likely N-dealkylation sites (tertiary alicyclic amines) is 1. The van der Waals surface area contributed by atoms with Crippen LogP contribution in [-0.4, -0.2) is 64.0 Å². The Morgan fingerprint density at radius 1 is 1.06 bits per heavy atom. The smallest absolute Gasteiger partial charge is 0.241 e. The maximum Gasteiger partial charge on any atom is 0.241 e. The third kappa shape index (κ3) is 3.98. The Kier molecular flexibility index (Phi) is 5.91. The van der Waals surface area contributed by atoms with Gasteiger partial charge in [0.2, 0.25) is 17.7 Å². The zero-order valence-corrected chi connectivity index (χ0v) is 19.7. The van der Waals surface area contributed by atoms with E-state index in [0.29, 0.717) is 43.3 Å². The molecule has 2 fully saturated rings.